The van der Waals surface area contributed by atoms with E-state index in [1.54, 1.807) is 42.5 Å². The van der Waals surface area contributed by atoms with Gasteiger partial charge in [0.05, 0.1) is 10.7 Å². The van der Waals surface area contributed by atoms with Crippen molar-refractivity contribution in [1.82, 2.24) is 0 Å². The number of carbonyl (C=O) groups excluding carboxylic acids is 2. The fourth-order valence-corrected chi connectivity index (χ4v) is 2.90. The standard InChI is InChI=1S/C18H14Cl2N2O4/c1-10(23)21-12-3-5-13(6-4-12)25-18(24)17-9-16(22-26-17)14-7-2-11(19)8-15(14)20/h2-8,17H,9H2,1H3,(H,21,23). The highest BCUT2D eigenvalue weighted by molar-refractivity contribution is 6.37. The second kappa shape index (κ2) is 7.76. The Balaban J connectivity index is 1.61. The van der Waals surface area contributed by atoms with Gasteiger partial charge in [-0.1, -0.05) is 34.4 Å². The van der Waals surface area contributed by atoms with Crippen molar-refractivity contribution in [1.29, 1.82) is 0 Å². The quantitative estimate of drug-likeness (QED) is 0.628. The van der Waals surface area contributed by atoms with Crippen LogP contribution in [0.1, 0.15) is 18.9 Å². The highest BCUT2D eigenvalue weighted by atomic mass is 35.5. The molecule has 0 aliphatic carbocycles. The molecule has 1 aliphatic rings. The van der Waals surface area contributed by atoms with Crippen LogP contribution in [0, 0.1) is 0 Å². The molecule has 0 bridgehead atoms. The van der Waals surface area contributed by atoms with E-state index in [1.165, 1.54) is 6.92 Å². The van der Waals surface area contributed by atoms with Gasteiger partial charge in [-0.3, -0.25) is 4.79 Å². The molecule has 3 rings (SSSR count). The molecular weight excluding hydrogens is 379 g/mol. The summed E-state index contributed by atoms with van der Waals surface area (Å²) < 4.78 is 5.29. The van der Waals surface area contributed by atoms with Gasteiger partial charge in [-0.2, -0.15) is 0 Å². The van der Waals surface area contributed by atoms with Crippen LogP contribution in [0.3, 0.4) is 0 Å². The number of oxime groups is 1. The number of amides is 1. The largest absolute Gasteiger partial charge is 0.424 e. The second-order valence-corrected chi connectivity index (χ2v) is 6.43. The maximum atomic E-state index is 12.2. The highest BCUT2D eigenvalue weighted by Crippen LogP contribution is 2.26. The first-order valence-electron chi connectivity index (χ1n) is 7.70. The van der Waals surface area contributed by atoms with Crippen molar-refractivity contribution in [2.45, 2.75) is 19.4 Å². The van der Waals surface area contributed by atoms with Gasteiger partial charge >= 0.3 is 5.97 Å². The molecular formula is C18H14Cl2N2O4. The molecule has 26 heavy (non-hydrogen) atoms. The molecule has 1 unspecified atom stereocenters. The normalized spacial score (nSPS) is 15.8. The molecule has 1 heterocycles. The van der Waals surface area contributed by atoms with Crippen molar-refractivity contribution in [2.75, 3.05) is 5.32 Å². The molecule has 0 spiro atoms. The lowest BCUT2D eigenvalue weighted by Crippen LogP contribution is -2.26. The molecule has 2 aromatic rings. The number of hydrogen-bond donors (Lipinski definition) is 1. The van der Waals surface area contributed by atoms with E-state index in [2.05, 4.69) is 10.5 Å². The van der Waals surface area contributed by atoms with E-state index in [4.69, 9.17) is 32.8 Å². The van der Waals surface area contributed by atoms with Crippen LogP contribution in [0.5, 0.6) is 5.75 Å². The molecule has 8 heteroatoms. The van der Waals surface area contributed by atoms with Crippen molar-refractivity contribution in [3.8, 4) is 5.75 Å². The Morgan fingerprint density at radius 3 is 2.58 bits per heavy atom. The summed E-state index contributed by atoms with van der Waals surface area (Å²) in [4.78, 5) is 28.4. The van der Waals surface area contributed by atoms with Crippen molar-refractivity contribution >= 4 is 46.5 Å². The average Bonchev–Trinajstić information content (AvgIpc) is 3.06. The maximum absolute atomic E-state index is 12.2. The number of anilines is 1. The number of nitrogens with one attached hydrogen (secondary N) is 1. The topological polar surface area (TPSA) is 77.0 Å². The predicted octanol–water partition coefficient (Wildman–Crippen LogP) is 4.05. The summed E-state index contributed by atoms with van der Waals surface area (Å²) in [5.41, 5.74) is 1.82. The van der Waals surface area contributed by atoms with Crippen LogP contribution in [-0.4, -0.2) is 23.7 Å². The van der Waals surface area contributed by atoms with Crippen molar-refractivity contribution < 1.29 is 19.2 Å². The fourth-order valence-electron chi connectivity index (χ4n) is 2.38. The predicted molar refractivity (Wildman–Crippen MR) is 98.9 cm³/mol. The van der Waals surface area contributed by atoms with Crippen molar-refractivity contribution in [3.05, 3.63) is 58.1 Å². The Kier molecular flexibility index (Phi) is 5.44. The molecule has 0 radical (unpaired) electrons. The fraction of sp³-hybridized carbons (Fsp3) is 0.167. The van der Waals surface area contributed by atoms with Crippen LogP contribution in [0.2, 0.25) is 10.0 Å². The summed E-state index contributed by atoms with van der Waals surface area (Å²) in [7, 11) is 0. The Hall–Kier alpha value is -2.57. The molecule has 1 aliphatic heterocycles. The lowest BCUT2D eigenvalue weighted by Gasteiger charge is -2.09. The summed E-state index contributed by atoms with van der Waals surface area (Å²) in [6, 6.07) is 11.4. The highest BCUT2D eigenvalue weighted by Gasteiger charge is 2.31. The van der Waals surface area contributed by atoms with E-state index >= 15 is 0 Å². The van der Waals surface area contributed by atoms with Crippen LogP contribution >= 0.6 is 23.2 Å². The Morgan fingerprint density at radius 1 is 1.19 bits per heavy atom. The van der Waals surface area contributed by atoms with Crippen LogP contribution in [0.15, 0.2) is 47.6 Å². The zero-order valence-electron chi connectivity index (χ0n) is 13.7. The second-order valence-electron chi connectivity index (χ2n) is 5.59. The minimum atomic E-state index is -0.855. The minimum absolute atomic E-state index is 0.181. The molecule has 134 valence electrons. The van der Waals surface area contributed by atoms with Crippen molar-refractivity contribution in [3.63, 3.8) is 0 Å². The number of nitrogens with zero attached hydrogens (tertiary/aromatic N) is 1. The number of rotatable bonds is 4. The van der Waals surface area contributed by atoms with Crippen LogP contribution < -0.4 is 10.1 Å². The van der Waals surface area contributed by atoms with Crippen LogP contribution in [0.4, 0.5) is 5.69 Å². The Bertz CT molecular complexity index is 881. The number of benzene rings is 2. The van der Waals surface area contributed by atoms with Gasteiger partial charge in [0.15, 0.2) is 0 Å². The zero-order chi connectivity index (χ0) is 18.7. The van der Waals surface area contributed by atoms with Gasteiger partial charge in [-0.05, 0) is 36.4 Å². The van der Waals surface area contributed by atoms with E-state index in [-0.39, 0.29) is 12.3 Å². The third-order valence-corrected chi connectivity index (χ3v) is 4.11. The summed E-state index contributed by atoms with van der Waals surface area (Å²) in [6.07, 6.45) is -0.615. The van der Waals surface area contributed by atoms with E-state index in [1.807, 2.05) is 0 Å². The SMILES string of the molecule is CC(=O)Nc1ccc(OC(=O)C2CC(c3ccc(Cl)cc3Cl)=NO2)cc1. The van der Waals surface area contributed by atoms with E-state index in [0.29, 0.717) is 32.8 Å². The van der Waals surface area contributed by atoms with Gasteiger partial charge in [0.2, 0.25) is 12.0 Å². The summed E-state index contributed by atoms with van der Waals surface area (Å²) in [5.74, 6) is -0.411. The van der Waals surface area contributed by atoms with Crippen LogP contribution in [0.25, 0.3) is 0 Å². The maximum Gasteiger partial charge on any atom is 0.356 e. The molecule has 1 N–H and O–H groups in total. The molecule has 2 aromatic carbocycles. The molecule has 0 fully saturated rings. The lowest BCUT2D eigenvalue weighted by atomic mass is 10.1. The molecule has 0 saturated carbocycles. The molecule has 1 atom stereocenters. The number of halogens is 2. The molecule has 0 saturated heterocycles. The van der Waals surface area contributed by atoms with Gasteiger partial charge < -0.3 is 14.9 Å². The van der Waals surface area contributed by atoms with E-state index in [0.717, 1.165) is 0 Å². The monoisotopic (exact) mass is 392 g/mol. The van der Waals surface area contributed by atoms with E-state index < -0.39 is 12.1 Å². The van der Waals surface area contributed by atoms with Gasteiger partial charge in [0, 0.05) is 29.6 Å². The number of ether oxygens (including phenoxy) is 1. The molecule has 0 aromatic heterocycles. The number of hydrogen-bond acceptors (Lipinski definition) is 5. The molecule has 1 amide bonds. The van der Waals surface area contributed by atoms with E-state index in [9.17, 15) is 9.59 Å². The van der Waals surface area contributed by atoms with Gasteiger partial charge in [0.1, 0.15) is 5.75 Å². The minimum Gasteiger partial charge on any atom is -0.424 e. The smallest absolute Gasteiger partial charge is 0.356 e. The number of carbonyl (C=O) groups is 2. The summed E-state index contributed by atoms with van der Waals surface area (Å²) >= 11 is 12.0. The summed E-state index contributed by atoms with van der Waals surface area (Å²) in [6.45, 7) is 1.41. The number of esters is 1. The Labute approximate surface area is 159 Å². The van der Waals surface area contributed by atoms with Gasteiger partial charge in [-0.15, -0.1) is 0 Å². The van der Waals surface area contributed by atoms with Gasteiger partial charge in [-0.25, -0.2) is 4.79 Å². The molecule has 6 nitrogen and oxygen atoms in total. The first kappa shape index (κ1) is 18.2. The zero-order valence-corrected chi connectivity index (χ0v) is 15.2. The lowest BCUT2D eigenvalue weighted by molar-refractivity contribution is -0.145. The third kappa shape index (κ3) is 4.33. The van der Waals surface area contributed by atoms with Gasteiger partial charge in [0.25, 0.3) is 0 Å². The van der Waals surface area contributed by atoms with Crippen LogP contribution in [-0.2, 0) is 14.4 Å². The first-order chi connectivity index (χ1) is 12.4. The summed E-state index contributed by atoms with van der Waals surface area (Å²) in [5, 5.41) is 7.50. The van der Waals surface area contributed by atoms with Crippen molar-refractivity contribution in [2.24, 2.45) is 5.16 Å². The average molecular weight is 393 g/mol. The Morgan fingerprint density at radius 2 is 1.92 bits per heavy atom. The first-order valence-corrected chi connectivity index (χ1v) is 8.45. The third-order valence-electron chi connectivity index (χ3n) is 3.57.